The van der Waals surface area contributed by atoms with E-state index in [1.54, 1.807) is 21.2 Å². The average molecular weight is 271 g/mol. The van der Waals surface area contributed by atoms with E-state index in [0.717, 1.165) is 16.8 Å². The lowest BCUT2D eigenvalue weighted by molar-refractivity contribution is -0.126. The van der Waals surface area contributed by atoms with Gasteiger partial charge in [-0.1, -0.05) is 11.6 Å². The molecule has 18 heavy (non-hydrogen) atoms. The first-order valence-corrected chi connectivity index (χ1v) is 6.04. The first kappa shape index (κ1) is 14.6. The van der Waals surface area contributed by atoms with Gasteiger partial charge < -0.3 is 15.0 Å². The minimum absolute atomic E-state index is 0.00634. The first-order valence-electron chi connectivity index (χ1n) is 5.66. The smallest absolute Gasteiger partial charge is 0.241 e. The van der Waals surface area contributed by atoms with Gasteiger partial charge in [0.25, 0.3) is 0 Å². The number of nitrogens with zero attached hydrogens (tertiary/aromatic N) is 1. The maximum absolute atomic E-state index is 11.6. The molecule has 1 aromatic rings. The summed E-state index contributed by atoms with van der Waals surface area (Å²) in [7, 11) is 5.04. The summed E-state index contributed by atoms with van der Waals surface area (Å²) in [6.45, 7) is 4.04. The van der Waals surface area contributed by atoms with Crippen LogP contribution in [0.1, 0.15) is 11.1 Å². The highest BCUT2D eigenvalue weighted by molar-refractivity contribution is 6.32. The summed E-state index contributed by atoms with van der Waals surface area (Å²) in [4.78, 5) is 13.1. The number of hydrogen-bond acceptors (Lipinski definition) is 3. The number of amides is 1. The van der Waals surface area contributed by atoms with Crippen LogP contribution in [0.25, 0.3) is 0 Å². The van der Waals surface area contributed by atoms with Gasteiger partial charge in [0.15, 0.2) is 0 Å². The number of hydrogen-bond donors (Lipinski definition) is 1. The fourth-order valence-corrected chi connectivity index (χ4v) is 1.77. The van der Waals surface area contributed by atoms with E-state index in [1.165, 1.54) is 4.90 Å². The fraction of sp³-hybridized carbons (Fsp3) is 0.462. The van der Waals surface area contributed by atoms with Crippen LogP contribution in [0.4, 0.5) is 5.69 Å². The summed E-state index contributed by atoms with van der Waals surface area (Å²) in [5, 5.41) is 3.77. The van der Waals surface area contributed by atoms with E-state index in [0.29, 0.717) is 10.8 Å². The van der Waals surface area contributed by atoms with Crippen LogP contribution in [-0.4, -0.2) is 38.6 Å². The minimum atomic E-state index is -0.00634. The number of halogens is 1. The Labute approximate surface area is 113 Å². The molecule has 0 saturated carbocycles. The molecule has 1 rings (SSSR count). The molecule has 5 heteroatoms. The number of aryl methyl sites for hydroxylation is 1. The molecule has 0 bridgehead atoms. The van der Waals surface area contributed by atoms with Gasteiger partial charge in [0.05, 0.1) is 19.3 Å². The van der Waals surface area contributed by atoms with Crippen LogP contribution < -0.4 is 10.1 Å². The number of methoxy groups -OCH3 is 1. The molecule has 1 aromatic carbocycles. The van der Waals surface area contributed by atoms with E-state index in [-0.39, 0.29) is 12.5 Å². The maximum Gasteiger partial charge on any atom is 0.241 e. The Balaban J connectivity index is 3.01. The SMILES string of the molecule is COc1cc(C)c(Cl)c(C)c1NCC(=O)N(C)C. The third-order valence-corrected chi connectivity index (χ3v) is 3.36. The Bertz CT molecular complexity index is 459. The van der Waals surface area contributed by atoms with E-state index < -0.39 is 0 Å². The molecule has 0 aliphatic heterocycles. The Hall–Kier alpha value is -1.42. The fourth-order valence-electron chi connectivity index (χ4n) is 1.63. The molecular formula is C13H19ClN2O2. The van der Waals surface area contributed by atoms with E-state index in [9.17, 15) is 4.79 Å². The lowest BCUT2D eigenvalue weighted by Gasteiger charge is -2.17. The molecule has 0 atom stereocenters. The highest BCUT2D eigenvalue weighted by Gasteiger charge is 2.13. The lowest BCUT2D eigenvalue weighted by atomic mass is 10.1. The average Bonchev–Trinajstić information content (AvgIpc) is 2.33. The molecule has 0 unspecified atom stereocenters. The topological polar surface area (TPSA) is 41.6 Å². The van der Waals surface area contributed by atoms with Crippen molar-refractivity contribution in [2.45, 2.75) is 13.8 Å². The van der Waals surface area contributed by atoms with Crippen molar-refractivity contribution < 1.29 is 9.53 Å². The second-order valence-electron chi connectivity index (χ2n) is 4.35. The maximum atomic E-state index is 11.6. The molecular weight excluding hydrogens is 252 g/mol. The molecule has 1 N–H and O–H groups in total. The molecule has 0 heterocycles. The number of carbonyl (C=O) groups excluding carboxylic acids is 1. The van der Waals surface area contributed by atoms with Gasteiger partial charge in [-0.15, -0.1) is 0 Å². The van der Waals surface area contributed by atoms with Crippen molar-refractivity contribution in [3.8, 4) is 5.75 Å². The van der Waals surface area contributed by atoms with Gasteiger partial charge in [-0.25, -0.2) is 0 Å². The van der Waals surface area contributed by atoms with Gasteiger partial charge in [0.2, 0.25) is 5.91 Å². The van der Waals surface area contributed by atoms with Gasteiger partial charge in [-0.05, 0) is 31.0 Å². The van der Waals surface area contributed by atoms with Crippen LogP contribution in [0.5, 0.6) is 5.75 Å². The monoisotopic (exact) mass is 270 g/mol. The normalized spacial score (nSPS) is 10.1. The summed E-state index contributed by atoms with van der Waals surface area (Å²) >= 11 is 6.20. The summed E-state index contributed by atoms with van der Waals surface area (Å²) in [6, 6.07) is 1.86. The van der Waals surface area contributed by atoms with Crippen molar-refractivity contribution in [2.75, 3.05) is 33.1 Å². The van der Waals surface area contributed by atoms with Crippen LogP contribution >= 0.6 is 11.6 Å². The third-order valence-electron chi connectivity index (χ3n) is 2.78. The van der Waals surface area contributed by atoms with Crippen molar-refractivity contribution in [1.82, 2.24) is 4.90 Å². The molecule has 0 radical (unpaired) electrons. The highest BCUT2D eigenvalue weighted by atomic mass is 35.5. The second-order valence-corrected chi connectivity index (χ2v) is 4.73. The van der Waals surface area contributed by atoms with Crippen molar-refractivity contribution in [3.63, 3.8) is 0 Å². The molecule has 4 nitrogen and oxygen atoms in total. The summed E-state index contributed by atoms with van der Waals surface area (Å²) in [5.74, 6) is 0.689. The number of benzene rings is 1. The largest absolute Gasteiger partial charge is 0.495 e. The molecule has 0 aromatic heterocycles. The molecule has 1 amide bonds. The summed E-state index contributed by atoms with van der Waals surface area (Å²) in [6.07, 6.45) is 0. The molecule has 0 saturated heterocycles. The Kier molecular flexibility index (Phi) is 4.84. The zero-order valence-corrected chi connectivity index (χ0v) is 12.2. The minimum Gasteiger partial charge on any atom is -0.495 e. The quantitative estimate of drug-likeness (QED) is 0.914. The molecule has 0 aliphatic rings. The van der Waals surface area contributed by atoms with Crippen LogP contribution in [-0.2, 0) is 4.79 Å². The van der Waals surface area contributed by atoms with Crippen LogP contribution in [0.15, 0.2) is 6.07 Å². The first-order chi connectivity index (χ1) is 8.38. The van der Waals surface area contributed by atoms with Crippen LogP contribution in [0.3, 0.4) is 0 Å². The van der Waals surface area contributed by atoms with Crippen molar-refractivity contribution in [1.29, 1.82) is 0 Å². The summed E-state index contributed by atoms with van der Waals surface area (Å²) in [5.41, 5.74) is 2.61. The van der Waals surface area contributed by atoms with Gasteiger partial charge in [-0.2, -0.15) is 0 Å². The Morgan fingerprint density at radius 1 is 1.44 bits per heavy atom. The van der Waals surface area contributed by atoms with Gasteiger partial charge in [0, 0.05) is 19.1 Å². The molecule has 0 spiro atoms. The second kappa shape index (κ2) is 5.96. The standard InChI is InChI=1S/C13H19ClN2O2/c1-8-6-10(18-5)13(9(2)12(8)14)15-7-11(17)16(3)4/h6,15H,7H2,1-5H3. The van der Waals surface area contributed by atoms with Crippen LogP contribution in [0.2, 0.25) is 5.02 Å². The molecule has 0 aliphatic carbocycles. The van der Waals surface area contributed by atoms with Crippen molar-refractivity contribution >= 4 is 23.2 Å². The number of carbonyl (C=O) groups is 1. The van der Waals surface area contributed by atoms with Gasteiger partial charge in [-0.3, -0.25) is 4.79 Å². The highest BCUT2D eigenvalue weighted by Crippen LogP contribution is 2.35. The van der Waals surface area contributed by atoms with E-state index in [4.69, 9.17) is 16.3 Å². The van der Waals surface area contributed by atoms with Gasteiger partial charge >= 0.3 is 0 Å². The van der Waals surface area contributed by atoms with E-state index in [2.05, 4.69) is 5.32 Å². The zero-order chi connectivity index (χ0) is 13.9. The number of anilines is 1. The predicted octanol–water partition coefficient (Wildman–Crippen LogP) is 2.47. The van der Waals surface area contributed by atoms with Crippen molar-refractivity contribution in [3.05, 3.63) is 22.2 Å². The molecule has 100 valence electrons. The number of ether oxygens (including phenoxy) is 1. The van der Waals surface area contributed by atoms with Crippen LogP contribution in [0, 0.1) is 13.8 Å². The lowest BCUT2D eigenvalue weighted by Crippen LogP contribution is -2.28. The Morgan fingerprint density at radius 2 is 2.06 bits per heavy atom. The predicted molar refractivity (Wildman–Crippen MR) is 74.7 cm³/mol. The summed E-state index contributed by atoms with van der Waals surface area (Å²) < 4.78 is 5.31. The van der Waals surface area contributed by atoms with Crippen molar-refractivity contribution in [2.24, 2.45) is 0 Å². The van der Waals surface area contributed by atoms with E-state index in [1.807, 2.05) is 19.9 Å². The number of nitrogens with one attached hydrogen (secondary N) is 1. The zero-order valence-electron chi connectivity index (χ0n) is 11.4. The van der Waals surface area contributed by atoms with Gasteiger partial charge in [0.1, 0.15) is 5.75 Å². The Morgan fingerprint density at radius 3 is 2.56 bits per heavy atom. The number of likely N-dealkylation sites (N-methyl/N-ethyl adjacent to an activating group) is 1. The number of rotatable bonds is 4. The molecule has 0 fully saturated rings. The van der Waals surface area contributed by atoms with E-state index >= 15 is 0 Å². The third kappa shape index (κ3) is 3.07.